The minimum Gasteiger partial charge on any atom is -0.391 e. The van der Waals surface area contributed by atoms with Crippen LogP contribution in [0.25, 0.3) is 11.1 Å². The van der Waals surface area contributed by atoms with E-state index in [0.29, 0.717) is 30.2 Å². The monoisotopic (exact) mass is 314 g/mol. The highest BCUT2D eigenvalue weighted by Crippen LogP contribution is 2.38. The highest BCUT2D eigenvalue weighted by molar-refractivity contribution is 5.88. The second-order valence-electron chi connectivity index (χ2n) is 5.76. The maximum Gasteiger partial charge on any atom is 0.263 e. The number of hydrogen-bond donors (Lipinski definition) is 1. The number of halogens is 1. The Morgan fingerprint density at radius 1 is 1.35 bits per heavy atom. The molecule has 4 rings (SSSR count). The molecule has 2 atom stereocenters. The van der Waals surface area contributed by atoms with Crippen molar-refractivity contribution in [2.45, 2.75) is 25.5 Å². The summed E-state index contributed by atoms with van der Waals surface area (Å²) in [5.41, 5.74) is 1.91. The molecule has 0 bridgehead atoms. The summed E-state index contributed by atoms with van der Waals surface area (Å²) in [5, 5.41) is 14.8. The highest BCUT2D eigenvalue weighted by Gasteiger charge is 2.35. The Morgan fingerprint density at radius 3 is 3.04 bits per heavy atom. The molecule has 3 heterocycles. The van der Waals surface area contributed by atoms with Crippen molar-refractivity contribution in [2.24, 2.45) is 0 Å². The van der Waals surface area contributed by atoms with Gasteiger partial charge in [-0.25, -0.2) is 9.37 Å². The first-order chi connectivity index (χ1) is 11.1. The topological polar surface area (TPSA) is 75.3 Å². The minimum atomic E-state index is -0.506. The number of nitrogens with zero attached hydrogens (tertiary/aromatic N) is 4. The molecule has 1 N–H and O–H groups in total. The fourth-order valence-electron chi connectivity index (χ4n) is 3.20. The van der Waals surface area contributed by atoms with Gasteiger partial charge in [-0.15, -0.1) is 0 Å². The van der Waals surface area contributed by atoms with Gasteiger partial charge in [0.1, 0.15) is 23.3 Å². The van der Waals surface area contributed by atoms with Gasteiger partial charge in [-0.3, -0.25) is 0 Å². The SMILES string of the molecule is Cc1noc2ncnc(N3C[C@H](O)C[C@@H]3c3cccc(F)c3)c12. The predicted octanol–water partition coefficient (Wildman–Crippen LogP) is 2.38. The lowest BCUT2D eigenvalue weighted by Crippen LogP contribution is -2.25. The number of aliphatic hydroxyl groups excluding tert-OH is 1. The van der Waals surface area contributed by atoms with Crippen molar-refractivity contribution in [3.05, 3.63) is 47.7 Å². The first-order valence-corrected chi connectivity index (χ1v) is 7.40. The summed E-state index contributed by atoms with van der Waals surface area (Å²) in [5.74, 6) is 0.359. The number of rotatable bonds is 2. The Balaban J connectivity index is 1.83. The largest absolute Gasteiger partial charge is 0.391 e. The van der Waals surface area contributed by atoms with Crippen LogP contribution >= 0.6 is 0 Å². The molecule has 0 radical (unpaired) electrons. The fourth-order valence-corrected chi connectivity index (χ4v) is 3.20. The molecule has 118 valence electrons. The first-order valence-electron chi connectivity index (χ1n) is 7.40. The zero-order valence-corrected chi connectivity index (χ0v) is 12.5. The van der Waals surface area contributed by atoms with E-state index in [1.807, 2.05) is 17.9 Å². The molecule has 1 saturated heterocycles. The summed E-state index contributed by atoms with van der Waals surface area (Å²) in [6, 6.07) is 6.28. The summed E-state index contributed by atoms with van der Waals surface area (Å²) < 4.78 is 18.8. The summed E-state index contributed by atoms with van der Waals surface area (Å²) in [6.45, 7) is 2.24. The quantitative estimate of drug-likeness (QED) is 0.783. The Bertz CT molecular complexity index is 866. The van der Waals surface area contributed by atoms with Gasteiger partial charge in [0, 0.05) is 6.54 Å². The molecule has 0 aliphatic carbocycles. The maximum absolute atomic E-state index is 13.6. The Labute approximate surface area is 131 Å². The molecule has 2 aromatic heterocycles. The third-order valence-corrected chi connectivity index (χ3v) is 4.21. The van der Waals surface area contributed by atoms with E-state index in [2.05, 4.69) is 15.1 Å². The Morgan fingerprint density at radius 2 is 2.22 bits per heavy atom. The van der Waals surface area contributed by atoms with Crippen LogP contribution in [-0.4, -0.2) is 32.9 Å². The van der Waals surface area contributed by atoms with Crippen LogP contribution in [-0.2, 0) is 0 Å². The van der Waals surface area contributed by atoms with Crippen molar-refractivity contribution in [1.29, 1.82) is 0 Å². The van der Waals surface area contributed by atoms with Gasteiger partial charge in [-0.1, -0.05) is 17.3 Å². The van der Waals surface area contributed by atoms with Crippen LogP contribution in [0.4, 0.5) is 10.2 Å². The zero-order chi connectivity index (χ0) is 16.0. The first kappa shape index (κ1) is 14.1. The molecule has 1 fully saturated rings. The number of aliphatic hydroxyl groups is 1. The zero-order valence-electron chi connectivity index (χ0n) is 12.5. The van der Waals surface area contributed by atoms with Gasteiger partial charge in [-0.05, 0) is 31.0 Å². The van der Waals surface area contributed by atoms with Gasteiger partial charge < -0.3 is 14.5 Å². The lowest BCUT2D eigenvalue weighted by atomic mass is 10.0. The molecule has 3 aromatic rings. The number of aromatic nitrogens is 3. The molecular formula is C16H15FN4O2. The van der Waals surface area contributed by atoms with E-state index in [0.717, 1.165) is 10.9 Å². The molecule has 6 nitrogen and oxygen atoms in total. The Kier molecular flexibility index (Phi) is 3.23. The van der Waals surface area contributed by atoms with Crippen LogP contribution < -0.4 is 4.90 Å². The van der Waals surface area contributed by atoms with Gasteiger partial charge in [0.2, 0.25) is 0 Å². The van der Waals surface area contributed by atoms with Crippen LogP contribution in [0.1, 0.15) is 23.7 Å². The molecule has 23 heavy (non-hydrogen) atoms. The fraction of sp³-hybridized carbons (Fsp3) is 0.312. The number of aryl methyl sites for hydroxylation is 1. The summed E-state index contributed by atoms with van der Waals surface area (Å²) in [6.07, 6.45) is 1.42. The molecule has 0 saturated carbocycles. The second-order valence-corrected chi connectivity index (χ2v) is 5.76. The van der Waals surface area contributed by atoms with Gasteiger partial charge in [0.25, 0.3) is 5.71 Å². The van der Waals surface area contributed by atoms with Gasteiger partial charge in [0.05, 0.1) is 17.8 Å². The second kappa shape index (κ2) is 5.27. The third-order valence-electron chi connectivity index (χ3n) is 4.21. The number of benzene rings is 1. The lowest BCUT2D eigenvalue weighted by Gasteiger charge is -2.26. The summed E-state index contributed by atoms with van der Waals surface area (Å²) >= 11 is 0. The average Bonchev–Trinajstić information content (AvgIpc) is 3.11. The van der Waals surface area contributed by atoms with E-state index in [1.54, 1.807) is 6.07 Å². The molecule has 1 aliphatic heterocycles. The van der Waals surface area contributed by atoms with Crippen LogP contribution in [0.3, 0.4) is 0 Å². The van der Waals surface area contributed by atoms with Crippen molar-refractivity contribution < 1.29 is 14.0 Å². The van der Waals surface area contributed by atoms with Crippen LogP contribution in [0.5, 0.6) is 0 Å². The number of fused-ring (bicyclic) bond motifs is 1. The number of anilines is 1. The molecular weight excluding hydrogens is 299 g/mol. The third kappa shape index (κ3) is 2.33. The van der Waals surface area contributed by atoms with E-state index >= 15 is 0 Å². The van der Waals surface area contributed by atoms with Gasteiger partial charge in [0.15, 0.2) is 0 Å². The maximum atomic E-state index is 13.6. The van der Waals surface area contributed by atoms with Crippen LogP contribution in [0.15, 0.2) is 35.1 Å². The highest BCUT2D eigenvalue weighted by atomic mass is 19.1. The molecule has 1 aromatic carbocycles. The average molecular weight is 314 g/mol. The predicted molar refractivity (Wildman–Crippen MR) is 81.4 cm³/mol. The minimum absolute atomic E-state index is 0.159. The Hall–Kier alpha value is -2.54. The lowest BCUT2D eigenvalue weighted by molar-refractivity contribution is 0.194. The van der Waals surface area contributed by atoms with Gasteiger partial charge >= 0.3 is 0 Å². The molecule has 1 aliphatic rings. The molecule has 0 spiro atoms. The van der Waals surface area contributed by atoms with Crippen LogP contribution in [0, 0.1) is 12.7 Å². The van der Waals surface area contributed by atoms with Crippen molar-refractivity contribution in [3.63, 3.8) is 0 Å². The number of hydrogen-bond acceptors (Lipinski definition) is 6. The summed E-state index contributed by atoms with van der Waals surface area (Å²) in [4.78, 5) is 10.4. The molecule has 0 amide bonds. The van der Waals surface area contributed by atoms with E-state index in [4.69, 9.17) is 4.52 Å². The van der Waals surface area contributed by atoms with Crippen molar-refractivity contribution >= 4 is 16.9 Å². The molecule has 0 unspecified atom stereocenters. The van der Waals surface area contributed by atoms with Gasteiger partial charge in [-0.2, -0.15) is 4.98 Å². The van der Waals surface area contributed by atoms with E-state index in [1.165, 1.54) is 18.5 Å². The standard InChI is InChI=1S/C16H15FN4O2/c1-9-14-15(18-8-19-16(14)23-20-9)21-7-12(22)6-13(21)10-3-2-4-11(17)5-10/h2-5,8,12-13,22H,6-7H2,1H3/t12-,13-/m1/s1. The smallest absolute Gasteiger partial charge is 0.263 e. The van der Waals surface area contributed by atoms with E-state index in [-0.39, 0.29) is 11.9 Å². The van der Waals surface area contributed by atoms with Crippen molar-refractivity contribution in [1.82, 2.24) is 15.1 Å². The van der Waals surface area contributed by atoms with Crippen molar-refractivity contribution in [3.8, 4) is 0 Å². The summed E-state index contributed by atoms with van der Waals surface area (Å²) in [7, 11) is 0. The van der Waals surface area contributed by atoms with E-state index in [9.17, 15) is 9.50 Å². The van der Waals surface area contributed by atoms with E-state index < -0.39 is 6.10 Å². The normalized spacial score (nSPS) is 21.3. The number of β-amino-alcohol motifs (C(OH)–C–C–N with tert-alkyl or cyclic N) is 1. The van der Waals surface area contributed by atoms with Crippen LogP contribution in [0.2, 0.25) is 0 Å². The molecule has 7 heteroatoms. The van der Waals surface area contributed by atoms with Crippen molar-refractivity contribution in [2.75, 3.05) is 11.4 Å².